The second-order valence-corrected chi connectivity index (χ2v) is 8.34. The molecule has 0 unspecified atom stereocenters. The number of likely N-dealkylation sites (N-methyl/N-ethyl adjacent to an activating group) is 1. The van der Waals surface area contributed by atoms with Crippen molar-refractivity contribution >= 4 is 23.2 Å². The predicted molar refractivity (Wildman–Crippen MR) is 95.4 cm³/mol. The van der Waals surface area contributed by atoms with E-state index in [0.29, 0.717) is 26.1 Å². The van der Waals surface area contributed by atoms with E-state index in [4.69, 9.17) is 4.74 Å². The van der Waals surface area contributed by atoms with Gasteiger partial charge in [0.2, 0.25) is 11.8 Å². The van der Waals surface area contributed by atoms with E-state index >= 15 is 0 Å². The number of nitrogens with zero attached hydrogens (tertiary/aromatic N) is 2. The summed E-state index contributed by atoms with van der Waals surface area (Å²) in [4.78, 5) is 28.7. The molecule has 2 amide bonds. The first kappa shape index (κ1) is 17.0. The van der Waals surface area contributed by atoms with Crippen molar-refractivity contribution in [1.82, 2.24) is 15.1 Å². The third-order valence-electron chi connectivity index (χ3n) is 5.46. The molecule has 25 heavy (non-hydrogen) atoms. The van der Waals surface area contributed by atoms with Crippen LogP contribution in [0.2, 0.25) is 0 Å². The van der Waals surface area contributed by atoms with Gasteiger partial charge in [-0.25, -0.2) is 0 Å². The molecule has 1 aromatic rings. The van der Waals surface area contributed by atoms with Gasteiger partial charge < -0.3 is 15.0 Å². The van der Waals surface area contributed by atoms with Crippen molar-refractivity contribution in [3.8, 4) is 0 Å². The van der Waals surface area contributed by atoms with E-state index in [0.717, 1.165) is 24.6 Å². The Labute approximate surface area is 152 Å². The van der Waals surface area contributed by atoms with Crippen molar-refractivity contribution in [3.63, 3.8) is 0 Å². The fourth-order valence-electron chi connectivity index (χ4n) is 3.82. The Balaban J connectivity index is 1.35. The number of thiophene rings is 1. The Bertz CT molecular complexity index is 638. The highest BCUT2D eigenvalue weighted by Gasteiger charge is 2.52. The number of rotatable bonds is 5. The number of carbonyl (C=O) groups is 2. The van der Waals surface area contributed by atoms with Crippen LogP contribution < -0.4 is 5.32 Å². The topological polar surface area (TPSA) is 61.9 Å². The molecule has 1 spiro atoms. The highest BCUT2D eigenvalue weighted by Crippen LogP contribution is 2.35. The third kappa shape index (κ3) is 3.59. The molecule has 1 aliphatic carbocycles. The summed E-state index contributed by atoms with van der Waals surface area (Å²) in [5.41, 5.74) is 0.791. The Morgan fingerprint density at radius 1 is 1.36 bits per heavy atom. The first-order chi connectivity index (χ1) is 12.1. The molecular weight excluding hydrogens is 338 g/mol. The smallest absolute Gasteiger partial charge is 0.239 e. The second kappa shape index (κ2) is 6.70. The molecule has 1 saturated carbocycles. The Morgan fingerprint density at radius 3 is 2.80 bits per heavy atom. The van der Waals surface area contributed by atoms with Crippen LogP contribution in [0.1, 0.15) is 18.4 Å². The van der Waals surface area contributed by atoms with E-state index in [1.54, 1.807) is 18.4 Å². The lowest BCUT2D eigenvalue weighted by molar-refractivity contribution is -0.204. The fraction of sp³-hybridized carbons (Fsp3) is 0.667. The first-order valence-electron chi connectivity index (χ1n) is 8.97. The molecule has 3 fully saturated rings. The average molecular weight is 363 g/mol. The maximum Gasteiger partial charge on any atom is 0.239 e. The van der Waals surface area contributed by atoms with E-state index in [1.807, 2.05) is 21.7 Å². The predicted octanol–water partition coefficient (Wildman–Crippen LogP) is 0.728. The van der Waals surface area contributed by atoms with Crippen LogP contribution in [0, 0.1) is 5.92 Å². The summed E-state index contributed by atoms with van der Waals surface area (Å²) in [5.74, 6) is 0.911. The molecule has 136 valence electrons. The summed E-state index contributed by atoms with van der Waals surface area (Å²) < 4.78 is 6.09. The van der Waals surface area contributed by atoms with Gasteiger partial charge in [0.05, 0.1) is 26.1 Å². The number of carbonyl (C=O) groups excluding carboxylic acids is 2. The van der Waals surface area contributed by atoms with Crippen molar-refractivity contribution in [2.24, 2.45) is 5.92 Å². The highest BCUT2D eigenvalue weighted by atomic mass is 32.1. The lowest BCUT2D eigenvalue weighted by Gasteiger charge is -2.55. The zero-order valence-corrected chi connectivity index (χ0v) is 15.4. The summed E-state index contributed by atoms with van der Waals surface area (Å²) in [7, 11) is 1.68. The SMILES string of the molecule is CNC(=O)[C@@H]1COC2(CN(C(=O)Cc3ccsc3)C2)CN1CC1CC1. The van der Waals surface area contributed by atoms with Gasteiger partial charge in [0, 0.05) is 20.1 Å². The molecule has 0 bridgehead atoms. The van der Waals surface area contributed by atoms with Crippen molar-refractivity contribution in [1.29, 1.82) is 0 Å². The van der Waals surface area contributed by atoms with Crippen LogP contribution in [0.4, 0.5) is 0 Å². The number of nitrogens with one attached hydrogen (secondary N) is 1. The molecule has 0 radical (unpaired) electrons. The maximum absolute atomic E-state index is 12.4. The normalized spacial score (nSPS) is 25.6. The Morgan fingerprint density at radius 2 is 2.16 bits per heavy atom. The molecule has 1 N–H and O–H groups in total. The molecule has 4 rings (SSSR count). The fourth-order valence-corrected chi connectivity index (χ4v) is 4.48. The molecule has 2 saturated heterocycles. The minimum Gasteiger partial charge on any atom is -0.368 e. The van der Waals surface area contributed by atoms with Crippen LogP contribution in [0.15, 0.2) is 16.8 Å². The van der Waals surface area contributed by atoms with Crippen LogP contribution in [0.3, 0.4) is 0 Å². The van der Waals surface area contributed by atoms with Gasteiger partial charge in [-0.1, -0.05) is 0 Å². The Hall–Kier alpha value is -1.44. The van der Waals surface area contributed by atoms with E-state index in [2.05, 4.69) is 10.2 Å². The highest BCUT2D eigenvalue weighted by molar-refractivity contribution is 7.08. The van der Waals surface area contributed by atoms with Crippen molar-refractivity contribution in [3.05, 3.63) is 22.4 Å². The number of ether oxygens (including phenoxy) is 1. The molecule has 1 aromatic heterocycles. The zero-order valence-electron chi connectivity index (χ0n) is 14.6. The zero-order chi connectivity index (χ0) is 17.4. The van der Waals surface area contributed by atoms with Gasteiger partial charge in [-0.15, -0.1) is 0 Å². The molecule has 0 aromatic carbocycles. The number of likely N-dealkylation sites (tertiary alicyclic amines) is 1. The summed E-state index contributed by atoms with van der Waals surface area (Å²) in [6.45, 7) is 3.39. The number of hydrogen-bond acceptors (Lipinski definition) is 5. The van der Waals surface area contributed by atoms with Crippen molar-refractivity contribution in [2.75, 3.05) is 39.8 Å². The summed E-state index contributed by atoms with van der Waals surface area (Å²) >= 11 is 1.62. The number of hydrogen-bond donors (Lipinski definition) is 1. The maximum atomic E-state index is 12.4. The van der Waals surface area contributed by atoms with E-state index in [-0.39, 0.29) is 23.5 Å². The Kier molecular flexibility index (Phi) is 4.56. The minimum absolute atomic E-state index is 0.0280. The van der Waals surface area contributed by atoms with Crippen LogP contribution in [0.5, 0.6) is 0 Å². The molecule has 1 atom stereocenters. The monoisotopic (exact) mass is 363 g/mol. The minimum atomic E-state index is -0.288. The molecule has 3 heterocycles. The van der Waals surface area contributed by atoms with Gasteiger partial charge in [-0.2, -0.15) is 11.3 Å². The van der Waals surface area contributed by atoms with E-state index in [1.165, 1.54) is 12.8 Å². The number of amides is 2. The summed E-state index contributed by atoms with van der Waals surface area (Å²) in [6, 6.07) is 1.80. The van der Waals surface area contributed by atoms with Crippen LogP contribution in [-0.4, -0.2) is 73.1 Å². The molecular formula is C18H25N3O3S. The van der Waals surface area contributed by atoms with Gasteiger partial charge in [-0.05, 0) is 41.1 Å². The van der Waals surface area contributed by atoms with Crippen molar-refractivity contribution in [2.45, 2.75) is 30.9 Å². The summed E-state index contributed by atoms with van der Waals surface area (Å²) in [5, 5.41) is 6.77. The molecule has 7 heteroatoms. The standard InChI is InChI=1S/C18H25N3O3S/c1-19-17(23)15-8-24-18(10-20(15)7-13-2-3-13)11-21(12-18)16(22)6-14-4-5-25-9-14/h4-5,9,13,15H,2-3,6-8,10-12H2,1H3,(H,19,23)/t15-/m0/s1. The average Bonchev–Trinajstić information content (AvgIpc) is 3.24. The summed E-state index contributed by atoms with van der Waals surface area (Å²) in [6.07, 6.45) is 2.98. The van der Waals surface area contributed by atoms with Gasteiger partial charge >= 0.3 is 0 Å². The number of morpholine rings is 1. The van der Waals surface area contributed by atoms with Crippen LogP contribution in [-0.2, 0) is 20.7 Å². The van der Waals surface area contributed by atoms with Gasteiger partial charge in [0.1, 0.15) is 11.6 Å². The first-order valence-corrected chi connectivity index (χ1v) is 9.91. The van der Waals surface area contributed by atoms with Gasteiger partial charge in [-0.3, -0.25) is 14.5 Å². The molecule has 6 nitrogen and oxygen atoms in total. The van der Waals surface area contributed by atoms with Gasteiger partial charge in [0.15, 0.2) is 0 Å². The van der Waals surface area contributed by atoms with E-state index < -0.39 is 0 Å². The molecule has 3 aliphatic rings. The van der Waals surface area contributed by atoms with Crippen molar-refractivity contribution < 1.29 is 14.3 Å². The third-order valence-corrected chi connectivity index (χ3v) is 6.20. The largest absolute Gasteiger partial charge is 0.368 e. The van der Waals surface area contributed by atoms with Crippen LogP contribution >= 0.6 is 11.3 Å². The lowest BCUT2D eigenvalue weighted by atomic mass is 9.89. The van der Waals surface area contributed by atoms with E-state index in [9.17, 15) is 9.59 Å². The quantitative estimate of drug-likeness (QED) is 0.838. The molecule has 2 aliphatic heterocycles. The lowest BCUT2D eigenvalue weighted by Crippen LogP contribution is -2.73. The second-order valence-electron chi connectivity index (χ2n) is 7.56. The van der Waals surface area contributed by atoms with Crippen LogP contribution in [0.25, 0.3) is 0 Å². The van der Waals surface area contributed by atoms with Gasteiger partial charge in [0.25, 0.3) is 0 Å².